The number of nitrogens with zero attached hydrogens (tertiary/aromatic N) is 1. The summed E-state index contributed by atoms with van der Waals surface area (Å²) in [5.74, 6) is -0.0139. The Morgan fingerprint density at radius 1 is 1.73 bits per heavy atom. The van der Waals surface area contributed by atoms with Gasteiger partial charge in [-0.15, -0.1) is 0 Å². The van der Waals surface area contributed by atoms with Crippen LogP contribution in [0.4, 0.5) is 0 Å². The summed E-state index contributed by atoms with van der Waals surface area (Å²) in [6.07, 6.45) is 1.57. The summed E-state index contributed by atoms with van der Waals surface area (Å²) in [6.45, 7) is 3.47. The van der Waals surface area contributed by atoms with E-state index in [0.717, 1.165) is 5.70 Å². The van der Waals surface area contributed by atoms with Crippen LogP contribution in [0, 0.1) is 0 Å². The van der Waals surface area contributed by atoms with Crippen molar-refractivity contribution in [1.82, 2.24) is 4.90 Å². The number of aliphatic hydroxyl groups is 1. The maximum absolute atomic E-state index is 11.3. The predicted molar refractivity (Wildman–Crippen MR) is 42.0 cm³/mol. The van der Waals surface area contributed by atoms with Gasteiger partial charge in [0.05, 0.1) is 6.61 Å². The normalized spacial score (nSPS) is 31.1. The summed E-state index contributed by atoms with van der Waals surface area (Å²) in [5, 5.41) is 8.99. The van der Waals surface area contributed by atoms with E-state index >= 15 is 0 Å². The van der Waals surface area contributed by atoms with E-state index in [-0.39, 0.29) is 12.4 Å². The van der Waals surface area contributed by atoms with Crippen molar-refractivity contribution in [2.45, 2.75) is 19.4 Å². The fraction of sp³-hybridized carbons (Fsp3) is 0.625. The van der Waals surface area contributed by atoms with E-state index in [1.807, 2.05) is 14.0 Å². The Hall–Kier alpha value is -0.830. The first-order valence-electron chi connectivity index (χ1n) is 3.60. The van der Waals surface area contributed by atoms with Gasteiger partial charge in [-0.1, -0.05) is 0 Å². The van der Waals surface area contributed by atoms with Crippen molar-refractivity contribution in [2.24, 2.45) is 0 Å². The highest BCUT2D eigenvalue weighted by Gasteiger charge is 2.40. The van der Waals surface area contributed by atoms with Crippen LogP contribution >= 0.6 is 0 Å². The molecule has 1 rings (SSSR count). The van der Waals surface area contributed by atoms with Gasteiger partial charge in [0.1, 0.15) is 5.54 Å². The van der Waals surface area contributed by atoms with E-state index in [2.05, 4.69) is 0 Å². The van der Waals surface area contributed by atoms with E-state index in [1.54, 1.807) is 17.9 Å². The van der Waals surface area contributed by atoms with Crippen molar-refractivity contribution in [3.63, 3.8) is 0 Å². The van der Waals surface area contributed by atoms with Crippen molar-refractivity contribution in [1.29, 1.82) is 0 Å². The summed E-state index contributed by atoms with van der Waals surface area (Å²) in [7, 11) is 1.81. The minimum absolute atomic E-state index is 0.0139. The average Bonchev–Trinajstić information content (AvgIpc) is 2.16. The molecule has 1 N–H and O–H groups in total. The Kier molecular flexibility index (Phi) is 1.76. The number of hydrogen-bond acceptors (Lipinski definition) is 3. The van der Waals surface area contributed by atoms with Crippen LogP contribution in [-0.4, -0.2) is 35.0 Å². The van der Waals surface area contributed by atoms with Crippen molar-refractivity contribution >= 4 is 5.78 Å². The van der Waals surface area contributed by atoms with E-state index < -0.39 is 5.54 Å². The molecule has 0 amide bonds. The van der Waals surface area contributed by atoms with Gasteiger partial charge in [-0.05, 0) is 13.8 Å². The Morgan fingerprint density at radius 3 is 2.45 bits per heavy atom. The van der Waals surface area contributed by atoms with Gasteiger partial charge < -0.3 is 10.0 Å². The van der Waals surface area contributed by atoms with Crippen molar-refractivity contribution in [2.75, 3.05) is 13.7 Å². The SMILES string of the molecule is CC1=CC(=O)[C@@](C)(CO)N1C. The number of likely N-dealkylation sites (N-methyl/N-ethyl adjacent to an activating group) is 1. The van der Waals surface area contributed by atoms with Gasteiger partial charge in [-0.2, -0.15) is 0 Å². The number of carbonyl (C=O) groups is 1. The molecule has 0 bridgehead atoms. The molecule has 62 valence electrons. The van der Waals surface area contributed by atoms with Gasteiger partial charge in [-0.3, -0.25) is 4.79 Å². The molecular weight excluding hydrogens is 142 g/mol. The van der Waals surface area contributed by atoms with Crippen LogP contribution in [0.1, 0.15) is 13.8 Å². The zero-order valence-corrected chi connectivity index (χ0v) is 7.09. The van der Waals surface area contributed by atoms with Crippen LogP contribution in [-0.2, 0) is 4.79 Å². The molecule has 0 radical (unpaired) electrons. The van der Waals surface area contributed by atoms with Crippen LogP contribution < -0.4 is 0 Å². The highest BCUT2D eigenvalue weighted by molar-refractivity contribution is 6.00. The number of aliphatic hydroxyl groups excluding tert-OH is 1. The molecule has 11 heavy (non-hydrogen) atoms. The maximum atomic E-state index is 11.3. The number of allylic oxidation sites excluding steroid dienone is 1. The lowest BCUT2D eigenvalue weighted by Crippen LogP contribution is -2.47. The molecule has 3 heteroatoms. The number of rotatable bonds is 1. The van der Waals surface area contributed by atoms with Crippen LogP contribution in [0.25, 0.3) is 0 Å². The zero-order valence-electron chi connectivity index (χ0n) is 7.09. The monoisotopic (exact) mass is 155 g/mol. The lowest BCUT2D eigenvalue weighted by molar-refractivity contribution is -0.123. The molecule has 1 atom stereocenters. The third-order valence-electron chi connectivity index (χ3n) is 2.45. The average molecular weight is 155 g/mol. The minimum Gasteiger partial charge on any atom is -0.393 e. The molecule has 0 saturated heterocycles. The molecule has 0 fully saturated rings. The first-order valence-corrected chi connectivity index (χ1v) is 3.60. The fourth-order valence-electron chi connectivity index (χ4n) is 1.18. The van der Waals surface area contributed by atoms with Crippen molar-refractivity contribution in [3.8, 4) is 0 Å². The smallest absolute Gasteiger partial charge is 0.184 e. The Labute approximate surface area is 66.3 Å². The molecule has 0 spiro atoms. The molecular formula is C8H13NO2. The minimum atomic E-state index is -0.718. The maximum Gasteiger partial charge on any atom is 0.184 e. The lowest BCUT2D eigenvalue weighted by Gasteiger charge is -2.31. The Bertz CT molecular complexity index is 222. The summed E-state index contributed by atoms with van der Waals surface area (Å²) in [4.78, 5) is 13.1. The predicted octanol–water partition coefficient (Wildman–Crippen LogP) is 0.156. The number of carbonyl (C=O) groups excluding carboxylic acids is 1. The van der Waals surface area contributed by atoms with Crippen LogP contribution in [0.2, 0.25) is 0 Å². The summed E-state index contributed by atoms with van der Waals surface area (Å²) < 4.78 is 0. The fourth-order valence-corrected chi connectivity index (χ4v) is 1.18. The third kappa shape index (κ3) is 0.959. The van der Waals surface area contributed by atoms with Crippen LogP contribution in [0.15, 0.2) is 11.8 Å². The molecule has 0 aromatic carbocycles. The van der Waals surface area contributed by atoms with Gasteiger partial charge in [0, 0.05) is 18.8 Å². The molecule has 1 aliphatic heterocycles. The Balaban J connectivity index is 2.97. The Morgan fingerprint density at radius 2 is 2.27 bits per heavy atom. The number of hydrogen-bond donors (Lipinski definition) is 1. The number of ketones is 1. The quantitative estimate of drug-likeness (QED) is 0.586. The first kappa shape index (κ1) is 8.27. The molecule has 1 aliphatic rings. The largest absolute Gasteiger partial charge is 0.393 e. The van der Waals surface area contributed by atoms with Gasteiger partial charge in [0.25, 0.3) is 0 Å². The molecule has 0 aromatic rings. The molecule has 0 aromatic heterocycles. The highest BCUT2D eigenvalue weighted by Crippen LogP contribution is 2.25. The second-order valence-electron chi connectivity index (χ2n) is 3.14. The highest BCUT2D eigenvalue weighted by atomic mass is 16.3. The van der Waals surface area contributed by atoms with E-state index in [0.29, 0.717) is 0 Å². The summed E-state index contributed by atoms with van der Waals surface area (Å²) in [5.41, 5.74) is 0.191. The van der Waals surface area contributed by atoms with Gasteiger partial charge in [-0.25, -0.2) is 0 Å². The zero-order chi connectivity index (χ0) is 8.65. The van der Waals surface area contributed by atoms with Crippen molar-refractivity contribution in [3.05, 3.63) is 11.8 Å². The van der Waals surface area contributed by atoms with Crippen LogP contribution in [0.5, 0.6) is 0 Å². The summed E-state index contributed by atoms with van der Waals surface area (Å²) in [6, 6.07) is 0. The van der Waals surface area contributed by atoms with E-state index in [4.69, 9.17) is 5.11 Å². The van der Waals surface area contributed by atoms with Crippen molar-refractivity contribution < 1.29 is 9.90 Å². The van der Waals surface area contributed by atoms with Gasteiger partial charge in [0.2, 0.25) is 0 Å². The molecule has 0 aliphatic carbocycles. The molecule has 1 heterocycles. The third-order valence-corrected chi connectivity index (χ3v) is 2.45. The molecule has 0 saturated carbocycles. The first-order chi connectivity index (χ1) is 5.02. The topological polar surface area (TPSA) is 40.5 Å². The van der Waals surface area contributed by atoms with Gasteiger partial charge in [0.15, 0.2) is 5.78 Å². The molecule has 3 nitrogen and oxygen atoms in total. The van der Waals surface area contributed by atoms with Crippen LogP contribution in [0.3, 0.4) is 0 Å². The summed E-state index contributed by atoms with van der Waals surface area (Å²) >= 11 is 0. The van der Waals surface area contributed by atoms with Gasteiger partial charge >= 0.3 is 0 Å². The second-order valence-corrected chi connectivity index (χ2v) is 3.14. The standard InChI is InChI=1S/C8H13NO2/c1-6-4-7(11)8(2,5-10)9(6)3/h4,10H,5H2,1-3H3/t8-/m1/s1. The van der Waals surface area contributed by atoms with E-state index in [1.165, 1.54) is 0 Å². The molecule has 0 unspecified atom stereocenters. The van der Waals surface area contributed by atoms with E-state index in [9.17, 15) is 4.79 Å². The second kappa shape index (κ2) is 2.34. The lowest BCUT2D eigenvalue weighted by atomic mass is 9.99.